The van der Waals surface area contributed by atoms with E-state index in [9.17, 15) is 13.2 Å². The molecule has 3 aromatic carbocycles. The highest BCUT2D eigenvalue weighted by atomic mass is 19.4. The van der Waals surface area contributed by atoms with Gasteiger partial charge in [-0.05, 0) is 73.2 Å². The van der Waals surface area contributed by atoms with Crippen molar-refractivity contribution in [3.05, 3.63) is 94.8 Å². The van der Waals surface area contributed by atoms with E-state index >= 15 is 4.39 Å². The maximum atomic E-state index is 15.2. The van der Waals surface area contributed by atoms with Crippen molar-refractivity contribution >= 4 is 10.8 Å². The first-order valence-corrected chi connectivity index (χ1v) is 12.5. The molecule has 0 saturated carbocycles. The number of benzene rings is 3. The summed E-state index contributed by atoms with van der Waals surface area (Å²) < 4.78 is 65.2. The van der Waals surface area contributed by atoms with Gasteiger partial charge in [0.15, 0.2) is 6.29 Å². The van der Waals surface area contributed by atoms with Crippen LogP contribution in [0.1, 0.15) is 48.4 Å². The maximum Gasteiger partial charge on any atom is 0.416 e. The zero-order chi connectivity index (χ0) is 25.5. The molecule has 6 heteroatoms. The van der Waals surface area contributed by atoms with E-state index < -0.39 is 11.7 Å². The highest BCUT2D eigenvalue weighted by Crippen LogP contribution is 2.30. The minimum Gasteiger partial charge on any atom is -0.352 e. The molecule has 2 nitrogen and oxygen atoms in total. The Morgan fingerprint density at radius 1 is 0.861 bits per heavy atom. The number of fused-ring (bicyclic) bond motifs is 1. The van der Waals surface area contributed by atoms with Gasteiger partial charge in [0.1, 0.15) is 5.82 Å². The highest BCUT2D eigenvalue weighted by Gasteiger charge is 2.29. The first-order valence-electron chi connectivity index (χ1n) is 12.5. The molecule has 1 aliphatic heterocycles. The Kier molecular flexibility index (Phi) is 8.81. The quantitative estimate of drug-likeness (QED) is 0.219. The number of hydrogen-bond donors (Lipinski definition) is 0. The van der Waals surface area contributed by atoms with E-state index in [1.807, 2.05) is 31.2 Å². The van der Waals surface area contributed by atoms with Gasteiger partial charge in [0, 0.05) is 17.7 Å². The standard InChI is InChI=1S/C30H32F4O2/c1-2-3-4-5-23-19-35-28(36-20-23)17-10-22-9-16-27-25(18-22)13-12-24(29(27)31)11-6-21-7-14-26(15-8-21)30(32,33)34/h2-3,7-9,12-16,18,23,28H,4-6,10-11,17,19-20H2,1H3/b3-2+. The molecule has 0 aromatic heterocycles. The van der Waals surface area contributed by atoms with Crippen LogP contribution in [0.5, 0.6) is 0 Å². The predicted molar refractivity (Wildman–Crippen MR) is 134 cm³/mol. The van der Waals surface area contributed by atoms with E-state index in [0.29, 0.717) is 29.7 Å². The third-order valence-corrected chi connectivity index (χ3v) is 6.74. The lowest BCUT2D eigenvalue weighted by molar-refractivity contribution is -0.203. The second kappa shape index (κ2) is 12.0. The van der Waals surface area contributed by atoms with E-state index in [2.05, 4.69) is 12.2 Å². The maximum absolute atomic E-state index is 15.2. The zero-order valence-electron chi connectivity index (χ0n) is 20.5. The van der Waals surface area contributed by atoms with Gasteiger partial charge in [0.25, 0.3) is 0 Å². The third kappa shape index (κ3) is 6.95. The number of halogens is 4. The first-order chi connectivity index (χ1) is 17.3. The fourth-order valence-corrected chi connectivity index (χ4v) is 4.57. The van der Waals surface area contributed by atoms with Crippen LogP contribution in [0.25, 0.3) is 10.8 Å². The average Bonchev–Trinajstić information content (AvgIpc) is 2.88. The molecule has 0 N–H and O–H groups in total. The van der Waals surface area contributed by atoms with Crippen LogP contribution in [0, 0.1) is 11.7 Å². The van der Waals surface area contributed by atoms with E-state index in [1.54, 1.807) is 6.07 Å². The molecule has 1 heterocycles. The van der Waals surface area contributed by atoms with Crippen LogP contribution in [-0.4, -0.2) is 19.5 Å². The van der Waals surface area contributed by atoms with Gasteiger partial charge in [-0.2, -0.15) is 13.2 Å². The molecule has 4 rings (SSSR count). The fraction of sp³-hybridized carbons (Fsp3) is 0.400. The van der Waals surface area contributed by atoms with Crippen molar-refractivity contribution < 1.29 is 27.0 Å². The third-order valence-electron chi connectivity index (χ3n) is 6.74. The summed E-state index contributed by atoms with van der Waals surface area (Å²) >= 11 is 0. The van der Waals surface area contributed by atoms with Crippen LogP contribution in [0.2, 0.25) is 0 Å². The lowest BCUT2D eigenvalue weighted by atomic mass is 9.97. The number of ether oxygens (including phenoxy) is 2. The summed E-state index contributed by atoms with van der Waals surface area (Å²) in [5, 5.41) is 1.38. The van der Waals surface area contributed by atoms with Crippen molar-refractivity contribution in [2.75, 3.05) is 13.2 Å². The molecular weight excluding hydrogens is 468 g/mol. The van der Waals surface area contributed by atoms with Crippen LogP contribution in [0.4, 0.5) is 17.6 Å². The molecule has 0 amide bonds. The van der Waals surface area contributed by atoms with Crippen LogP contribution >= 0.6 is 0 Å². The minimum atomic E-state index is -4.35. The summed E-state index contributed by atoms with van der Waals surface area (Å²) in [7, 11) is 0. The first kappa shape index (κ1) is 26.4. The fourth-order valence-electron chi connectivity index (χ4n) is 4.57. The van der Waals surface area contributed by atoms with Gasteiger partial charge in [-0.15, -0.1) is 0 Å². The smallest absolute Gasteiger partial charge is 0.352 e. The van der Waals surface area contributed by atoms with Crippen molar-refractivity contribution in [2.45, 2.75) is 57.9 Å². The van der Waals surface area contributed by atoms with Crippen LogP contribution < -0.4 is 0 Å². The monoisotopic (exact) mass is 500 g/mol. The van der Waals surface area contributed by atoms with Crippen LogP contribution in [-0.2, 0) is 34.9 Å². The Morgan fingerprint density at radius 3 is 2.28 bits per heavy atom. The summed E-state index contributed by atoms with van der Waals surface area (Å²) in [6.07, 6.45) is 4.20. The zero-order valence-corrected chi connectivity index (χ0v) is 20.5. The van der Waals surface area contributed by atoms with Crippen LogP contribution in [0.3, 0.4) is 0 Å². The van der Waals surface area contributed by atoms with E-state index in [-0.39, 0.29) is 12.1 Å². The van der Waals surface area contributed by atoms with Gasteiger partial charge in [-0.1, -0.05) is 54.6 Å². The molecule has 0 radical (unpaired) electrons. The second-order valence-corrected chi connectivity index (χ2v) is 9.44. The van der Waals surface area contributed by atoms with Crippen molar-refractivity contribution in [3.8, 4) is 0 Å². The van der Waals surface area contributed by atoms with Gasteiger partial charge >= 0.3 is 6.18 Å². The molecule has 0 unspecified atom stereocenters. The average molecular weight is 501 g/mol. The van der Waals surface area contributed by atoms with Gasteiger partial charge in [0.05, 0.1) is 18.8 Å². The minimum absolute atomic E-state index is 0.206. The molecule has 1 fully saturated rings. The molecule has 0 spiro atoms. The molecule has 0 atom stereocenters. The van der Waals surface area contributed by atoms with Gasteiger partial charge in [-0.25, -0.2) is 4.39 Å². The highest BCUT2D eigenvalue weighted by molar-refractivity contribution is 5.84. The molecule has 192 valence electrons. The molecule has 3 aromatic rings. The van der Waals surface area contributed by atoms with Crippen molar-refractivity contribution in [1.82, 2.24) is 0 Å². The number of aryl methyl sites for hydroxylation is 3. The largest absolute Gasteiger partial charge is 0.416 e. The van der Waals surface area contributed by atoms with E-state index in [1.165, 1.54) is 12.1 Å². The summed E-state index contributed by atoms with van der Waals surface area (Å²) in [5.41, 5.74) is 1.73. The molecule has 0 aliphatic carbocycles. The lowest BCUT2D eigenvalue weighted by Crippen LogP contribution is -2.32. The number of hydrogen-bond acceptors (Lipinski definition) is 2. The number of rotatable bonds is 9. The Hall–Kier alpha value is -2.70. The number of alkyl halides is 3. The summed E-state index contributed by atoms with van der Waals surface area (Å²) in [4.78, 5) is 0. The second-order valence-electron chi connectivity index (χ2n) is 9.44. The summed E-state index contributed by atoms with van der Waals surface area (Å²) in [6.45, 7) is 3.47. The summed E-state index contributed by atoms with van der Waals surface area (Å²) in [5.74, 6) is 0.170. The Bertz CT molecular complexity index is 1160. The molecule has 1 saturated heterocycles. The predicted octanol–water partition coefficient (Wildman–Crippen LogP) is 8.06. The van der Waals surface area contributed by atoms with Crippen molar-refractivity contribution in [1.29, 1.82) is 0 Å². The molecule has 36 heavy (non-hydrogen) atoms. The molecular formula is C30H32F4O2. The number of allylic oxidation sites excluding steroid dienone is 2. The van der Waals surface area contributed by atoms with Crippen molar-refractivity contribution in [3.63, 3.8) is 0 Å². The van der Waals surface area contributed by atoms with Gasteiger partial charge < -0.3 is 9.47 Å². The van der Waals surface area contributed by atoms with Crippen molar-refractivity contribution in [2.24, 2.45) is 5.92 Å². The molecule has 1 aliphatic rings. The normalized spacial score (nSPS) is 18.8. The summed E-state index contributed by atoms with van der Waals surface area (Å²) in [6, 6.07) is 14.5. The lowest BCUT2D eigenvalue weighted by Gasteiger charge is -2.29. The topological polar surface area (TPSA) is 18.5 Å². The Morgan fingerprint density at radius 2 is 1.58 bits per heavy atom. The van der Waals surface area contributed by atoms with E-state index in [4.69, 9.17) is 9.47 Å². The Balaban J connectivity index is 1.31. The molecule has 0 bridgehead atoms. The SMILES string of the molecule is C/C=C/CCC1COC(CCc2ccc3c(F)c(CCc4ccc(C(F)(F)F)cc4)ccc3c2)OC1. The van der Waals surface area contributed by atoms with Gasteiger partial charge in [-0.3, -0.25) is 0 Å². The van der Waals surface area contributed by atoms with Gasteiger partial charge in [0.2, 0.25) is 0 Å². The Labute approximate surface area is 209 Å². The van der Waals surface area contributed by atoms with Crippen LogP contribution in [0.15, 0.2) is 66.7 Å². The van der Waals surface area contributed by atoms with E-state index in [0.717, 1.165) is 67.5 Å².